The summed E-state index contributed by atoms with van der Waals surface area (Å²) in [6.07, 6.45) is 0.652. The van der Waals surface area contributed by atoms with Crippen LogP contribution in [0.25, 0.3) is 0 Å². The van der Waals surface area contributed by atoms with Gasteiger partial charge in [0.1, 0.15) is 12.6 Å². The Balaban J connectivity index is 1.64. The maximum Gasteiger partial charge on any atom is 0.329 e. The van der Waals surface area contributed by atoms with Gasteiger partial charge in [-0.25, -0.2) is 4.79 Å². The van der Waals surface area contributed by atoms with Crippen LogP contribution in [0.2, 0.25) is 0 Å². The number of ether oxygens (including phenoxy) is 1. The van der Waals surface area contributed by atoms with Crippen molar-refractivity contribution in [3.8, 4) is 0 Å². The van der Waals surface area contributed by atoms with Crippen molar-refractivity contribution in [2.45, 2.75) is 25.5 Å². The predicted octanol–water partition coefficient (Wildman–Crippen LogP) is 3.76. The lowest BCUT2D eigenvalue weighted by Gasteiger charge is -2.18. The van der Waals surface area contributed by atoms with E-state index in [0.29, 0.717) is 6.42 Å². The zero-order valence-corrected chi connectivity index (χ0v) is 15.7. The largest absolute Gasteiger partial charge is 0.459 e. The lowest BCUT2D eigenvalue weighted by Crippen LogP contribution is -2.43. The molecule has 0 saturated heterocycles. The Kier molecular flexibility index (Phi) is 6.77. The van der Waals surface area contributed by atoms with Gasteiger partial charge in [-0.3, -0.25) is 4.79 Å². The Morgan fingerprint density at radius 2 is 1.56 bits per heavy atom. The summed E-state index contributed by atoms with van der Waals surface area (Å²) < 4.78 is 5.45. The molecule has 4 nitrogen and oxygen atoms in total. The first-order chi connectivity index (χ1) is 13.2. The third-order valence-electron chi connectivity index (χ3n) is 4.04. The first kappa shape index (κ1) is 18.9. The van der Waals surface area contributed by atoms with Gasteiger partial charge in [0.05, 0.1) is 6.42 Å². The average Bonchev–Trinajstić information content (AvgIpc) is 3.20. The minimum absolute atomic E-state index is 0.185. The van der Waals surface area contributed by atoms with Gasteiger partial charge in [0, 0.05) is 11.3 Å². The minimum Gasteiger partial charge on any atom is -0.459 e. The van der Waals surface area contributed by atoms with E-state index in [4.69, 9.17) is 4.74 Å². The fraction of sp³-hybridized carbons (Fsp3) is 0.182. The molecule has 1 atom stereocenters. The number of carbonyl (C=O) groups excluding carboxylic acids is 2. The highest BCUT2D eigenvalue weighted by Gasteiger charge is 2.23. The molecule has 0 saturated carbocycles. The second kappa shape index (κ2) is 9.69. The fourth-order valence-corrected chi connectivity index (χ4v) is 3.39. The molecule has 0 spiro atoms. The molecule has 0 aliphatic heterocycles. The monoisotopic (exact) mass is 379 g/mol. The van der Waals surface area contributed by atoms with Gasteiger partial charge in [-0.15, -0.1) is 11.3 Å². The second-order valence-electron chi connectivity index (χ2n) is 6.16. The smallest absolute Gasteiger partial charge is 0.329 e. The lowest BCUT2D eigenvalue weighted by molar-refractivity contribution is -0.149. The van der Waals surface area contributed by atoms with E-state index >= 15 is 0 Å². The SMILES string of the molecule is O=C(Cc1cccs1)N[C@@H](Cc1ccccc1)C(=O)OCc1ccccc1. The summed E-state index contributed by atoms with van der Waals surface area (Å²) in [7, 11) is 0. The van der Waals surface area contributed by atoms with Crippen LogP contribution in [0.4, 0.5) is 0 Å². The first-order valence-corrected chi connectivity index (χ1v) is 9.65. The zero-order valence-electron chi connectivity index (χ0n) is 14.8. The highest BCUT2D eigenvalue weighted by Crippen LogP contribution is 2.11. The molecule has 0 aliphatic carbocycles. The van der Waals surface area contributed by atoms with E-state index in [1.165, 1.54) is 11.3 Å². The van der Waals surface area contributed by atoms with E-state index in [-0.39, 0.29) is 18.9 Å². The number of carbonyl (C=O) groups is 2. The maximum atomic E-state index is 12.6. The van der Waals surface area contributed by atoms with Crippen LogP contribution in [0.15, 0.2) is 78.2 Å². The molecule has 2 aromatic carbocycles. The van der Waals surface area contributed by atoms with Gasteiger partial charge < -0.3 is 10.1 Å². The van der Waals surface area contributed by atoms with Crippen LogP contribution in [0, 0.1) is 0 Å². The van der Waals surface area contributed by atoms with Crippen LogP contribution in [0.1, 0.15) is 16.0 Å². The van der Waals surface area contributed by atoms with Crippen molar-refractivity contribution in [1.82, 2.24) is 5.32 Å². The van der Waals surface area contributed by atoms with Crippen LogP contribution in [0.3, 0.4) is 0 Å². The molecule has 27 heavy (non-hydrogen) atoms. The normalized spacial score (nSPS) is 11.6. The molecule has 0 fully saturated rings. The molecule has 1 N–H and O–H groups in total. The summed E-state index contributed by atoms with van der Waals surface area (Å²) in [4.78, 5) is 26.0. The third-order valence-corrected chi connectivity index (χ3v) is 4.92. The van der Waals surface area contributed by atoms with E-state index in [1.807, 2.05) is 78.2 Å². The predicted molar refractivity (Wildman–Crippen MR) is 106 cm³/mol. The van der Waals surface area contributed by atoms with E-state index in [2.05, 4.69) is 5.32 Å². The highest BCUT2D eigenvalue weighted by atomic mass is 32.1. The van der Waals surface area contributed by atoms with Gasteiger partial charge >= 0.3 is 5.97 Å². The molecular formula is C22H21NO3S. The molecule has 0 radical (unpaired) electrons. The van der Waals surface area contributed by atoms with Crippen molar-refractivity contribution in [1.29, 1.82) is 0 Å². The lowest BCUT2D eigenvalue weighted by atomic mass is 10.1. The van der Waals surface area contributed by atoms with Gasteiger partial charge in [0.2, 0.25) is 5.91 Å². The molecule has 3 aromatic rings. The van der Waals surface area contributed by atoms with Crippen molar-refractivity contribution < 1.29 is 14.3 Å². The molecule has 5 heteroatoms. The molecule has 1 heterocycles. The topological polar surface area (TPSA) is 55.4 Å². The average molecular weight is 379 g/mol. The minimum atomic E-state index is -0.719. The van der Waals surface area contributed by atoms with Gasteiger partial charge in [0.15, 0.2) is 0 Å². The first-order valence-electron chi connectivity index (χ1n) is 8.77. The van der Waals surface area contributed by atoms with Gasteiger partial charge in [-0.05, 0) is 22.6 Å². The number of nitrogens with one attached hydrogen (secondary N) is 1. The molecule has 0 bridgehead atoms. The summed E-state index contributed by atoms with van der Waals surface area (Å²) in [6, 6.07) is 22.2. The van der Waals surface area contributed by atoms with Crippen LogP contribution in [-0.2, 0) is 33.8 Å². The van der Waals surface area contributed by atoms with E-state index in [9.17, 15) is 9.59 Å². The molecule has 138 valence electrons. The Morgan fingerprint density at radius 1 is 0.889 bits per heavy atom. The molecule has 1 aromatic heterocycles. The molecule has 0 unspecified atom stereocenters. The zero-order chi connectivity index (χ0) is 18.9. The maximum absolute atomic E-state index is 12.6. The van der Waals surface area contributed by atoms with Gasteiger partial charge in [0.25, 0.3) is 0 Å². The Bertz CT molecular complexity index is 848. The van der Waals surface area contributed by atoms with Crippen molar-refractivity contribution in [3.63, 3.8) is 0 Å². The summed E-state index contributed by atoms with van der Waals surface area (Å²) in [5, 5.41) is 4.76. The molecule has 0 aliphatic rings. The quantitative estimate of drug-likeness (QED) is 0.606. The van der Waals surface area contributed by atoms with Crippen molar-refractivity contribution in [3.05, 3.63) is 94.2 Å². The van der Waals surface area contributed by atoms with Crippen LogP contribution < -0.4 is 5.32 Å². The standard InChI is InChI=1S/C22H21NO3S/c24-21(15-19-12-7-13-27-19)23-20(14-17-8-3-1-4-9-17)22(25)26-16-18-10-5-2-6-11-18/h1-13,20H,14-16H2,(H,23,24)/t20-/m0/s1. The van der Waals surface area contributed by atoms with Crippen molar-refractivity contribution in [2.24, 2.45) is 0 Å². The van der Waals surface area contributed by atoms with Crippen LogP contribution in [0.5, 0.6) is 0 Å². The van der Waals surface area contributed by atoms with Crippen LogP contribution >= 0.6 is 11.3 Å². The Hall–Kier alpha value is -2.92. The highest BCUT2D eigenvalue weighted by molar-refractivity contribution is 7.10. The summed E-state index contributed by atoms with van der Waals surface area (Å²) >= 11 is 1.52. The van der Waals surface area contributed by atoms with Gasteiger partial charge in [-0.2, -0.15) is 0 Å². The Labute approximate surface area is 162 Å². The van der Waals surface area contributed by atoms with Crippen LogP contribution in [-0.4, -0.2) is 17.9 Å². The van der Waals surface area contributed by atoms with E-state index < -0.39 is 12.0 Å². The summed E-state index contributed by atoms with van der Waals surface area (Å²) in [5.74, 6) is -0.614. The number of hydrogen-bond acceptors (Lipinski definition) is 4. The molecule has 3 rings (SSSR count). The third kappa shape index (κ3) is 6.08. The summed E-state index contributed by atoms with van der Waals surface area (Å²) in [6.45, 7) is 0.186. The van der Waals surface area contributed by atoms with E-state index in [0.717, 1.165) is 16.0 Å². The number of rotatable bonds is 8. The van der Waals surface area contributed by atoms with Crippen molar-refractivity contribution in [2.75, 3.05) is 0 Å². The molecular weight excluding hydrogens is 358 g/mol. The summed E-state index contributed by atoms with van der Waals surface area (Å²) in [5.41, 5.74) is 1.88. The van der Waals surface area contributed by atoms with Gasteiger partial charge in [-0.1, -0.05) is 66.7 Å². The second-order valence-corrected chi connectivity index (χ2v) is 7.19. The number of hydrogen-bond donors (Lipinski definition) is 1. The number of thiophene rings is 1. The van der Waals surface area contributed by atoms with Crippen molar-refractivity contribution >= 4 is 23.2 Å². The fourth-order valence-electron chi connectivity index (χ4n) is 2.69. The molecule has 1 amide bonds. The Morgan fingerprint density at radius 3 is 2.19 bits per heavy atom. The van der Waals surface area contributed by atoms with E-state index in [1.54, 1.807) is 0 Å². The number of esters is 1. The number of benzene rings is 2. The number of amides is 1.